The summed E-state index contributed by atoms with van der Waals surface area (Å²) >= 11 is 1.09. The number of thiazole rings is 1. The molecule has 0 atom stereocenters. The highest BCUT2D eigenvalue weighted by molar-refractivity contribution is 7.17. The molecule has 0 saturated carbocycles. The summed E-state index contributed by atoms with van der Waals surface area (Å²) in [6.45, 7) is 7.44. The first kappa shape index (κ1) is 19.8. The van der Waals surface area contributed by atoms with Crippen molar-refractivity contribution in [1.82, 2.24) is 4.98 Å². The van der Waals surface area contributed by atoms with Gasteiger partial charge in [0.15, 0.2) is 0 Å². The van der Waals surface area contributed by atoms with Crippen molar-refractivity contribution in [3.05, 3.63) is 45.5 Å². The molecular formula is C20H21N3O4S. The molecule has 1 aliphatic heterocycles. The molecule has 1 aromatic heterocycles. The van der Waals surface area contributed by atoms with E-state index in [9.17, 15) is 9.59 Å². The summed E-state index contributed by atoms with van der Waals surface area (Å²) < 4.78 is 10.3. The van der Waals surface area contributed by atoms with E-state index in [0.29, 0.717) is 27.0 Å². The lowest BCUT2D eigenvalue weighted by Crippen LogP contribution is -2.21. The molecule has 0 fully saturated rings. The number of aromatic nitrogens is 1. The largest absolute Gasteiger partial charge is 0.496 e. The average Bonchev–Trinajstić information content (AvgIpc) is 3.17. The van der Waals surface area contributed by atoms with Crippen molar-refractivity contribution < 1.29 is 19.1 Å². The molecule has 1 amide bonds. The number of amides is 1. The summed E-state index contributed by atoms with van der Waals surface area (Å²) in [5, 5.41) is 5.92. The predicted octanol–water partition coefficient (Wildman–Crippen LogP) is 3.75. The van der Waals surface area contributed by atoms with Crippen molar-refractivity contribution in [2.45, 2.75) is 27.7 Å². The van der Waals surface area contributed by atoms with Crippen LogP contribution < -0.4 is 9.75 Å². The van der Waals surface area contributed by atoms with Gasteiger partial charge in [0.2, 0.25) is 5.13 Å². The van der Waals surface area contributed by atoms with Crippen LogP contribution in [-0.4, -0.2) is 36.3 Å². The SMILES string of the molecule is CCOC(=O)c1sc(N2N=C(C)/C(=C/c3ccc(OC)c(C)c3)C2=O)nc1C. The zero-order valence-electron chi connectivity index (χ0n) is 16.4. The zero-order valence-corrected chi connectivity index (χ0v) is 17.2. The molecule has 0 spiro atoms. The van der Waals surface area contributed by atoms with Crippen molar-refractivity contribution in [2.75, 3.05) is 18.7 Å². The fraction of sp³-hybridized carbons (Fsp3) is 0.300. The number of rotatable bonds is 5. The minimum atomic E-state index is -0.444. The Kier molecular flexibility index (Phi) is 5.60. The lowest BCUT2D eigenvalue weighted by Gasteiger charge is -2.07. The second-order valence-corrected chi connectivity index (χ2v) is 7.20. The number of benzene rings is 1. The molecule has 0 bridgehead atoms. The van der Waals surface area contributed by atoms with Gasteiger partial charge in [0.05, 0.1) is 30.7 Å². The van der Waals surface area contributed by atoms with Crippen molar-refractivity contribution >= 4 is 40.1 Å². The van der Waals surface area contributed by atoms with E-state index in [4.69, 9.17) is 9.47 Å². The number of hydrogen-bond acceptors (Lipinski definition) is 7. The summed E-state index contributed by atoms with van der Waals surface area (Å²) in [4.78, 5) is 29.6. The van der Waals surface area contributed by atoms with Crippen LogP contribution in [0.1, 0.15) is 40.3 Å². The molecule has 28 heavy (non-hydrogen) atoms. The van der Waals surface area contributed by atoms with Crippen molar-refractivity contribution in [1.29, 1.82) is 0 Å². The standard InChI is InChI=1S/C20H21N3O4S/c1-6-27-19(25)17-13(4)21-20(28-17)23-18(24)15(12(3)22-23)10-14-7-8-16(26-5)11(2)9-14/h7-10H,6H2,1-5H3/b15-10-. The van der Waals surface area contributed by atoms with Gasteiger partial charge in [-0.1, -0.05) is 17.4 Å². The molecule has 0 radical (unpaired) electrons. The van der Waals surface area contributed by atoms with Gasteiger partial charge in [0.1, 0.15) is 10.6 Å². The fourth-order valence-corrected chi connectivity index (χ4v) is 3.74. The van der Waals surface area contributed by atoms with Crippen molar-refractivity contribution in [3.63, 3.8) is 0 Å². The molecule has 0 saturated heterocycles. The van der Waals surface area contributed by atoms with Gasteiger partial charge in [0, 0.05) is 0 Å². The van der Waals surface area contributed by atoms with Crippen LogP contribution in [0.25, 0.3) is 6.08 Å². The number of methoxy groups -OCH3 is 1. The Labute approximate surface area is 167 Å². The molecule has 8 heteroatoms. The first-order valence-electron chi connectivity index (χ1n) is 8.76. The lowest BCUT2D eigenvalue weighted by molar-refractivity contribution is -0.114. The monoisotopic (exact) mass is 399 g/mol. The molecule has 1 aromatic carbocycles. The highest BCUT2D eigenvalue weighted by Crippen LogP contribution is 2.31. The molecule has 1 aliphatic rings. The number of aryl methyl sites for hydroxylation is 2. The van der Waals surface area contributed by atoms with E-state index in [1.54, 1.807) is 34.0 Å². The van der Waals surface area contributed by atoms with E-state index >= 15 is 0 Å². The number of carbonyl (C=O) groups is 2. The summed E-state index contributed by atoms with van der Waals surface area (Å²) in [5.41, 5.74) is 3.44. The third-order valence-corrected chi connectivity index (χ3v) is 5.33. The maximum absolute atomic E-state index is 12.9. The molecule has 7 nitrogen and oxygen atoms in total. The molecule has 146 valence electrons. The fourth-order valence-electron chi connectivity index (χ4n) is 2.83. The molecule has 3 rings (SSSR count). The number of esters is 1. The highest BCUT2D eigenvalue weighted by Gasteiger charge is 2.32. The third kappa shape index (κ3) is 3.68. The number of carbonyl (C=O) groups excluding carboxylic acids is 2. The van der Waals surface area contributed by atoms with Gasteiger partial charge in [-0.3, -0.25) is 4.79 Å². The molecule has 2 aromatic rings. The van der Waals surface area contributed by atoms with Crippen LogP contribution in [0.2, 0.25) is 0 Å². The maximum Gasteiger partial charge on any atom is 0.350 e. The van der Waals surface area contributed by atoms with Gasteiger partial charge >= 0.3 is 5.97 Å². The zero-order chi connectivity index (χ0) is 20.4. The van der Waals surface area contributed by atoms with E-state index in [1.165, 1.54) is 5.01 Å². The van der Waals surface area contributed by atoms with E-state index < -0.39 is 5.97 Å². The van der Waals surface area contributed by atoms with Gasteiger partial charge in [0.25, 0.3) is 5.91 Å². The van der Waals surface area contributed by atoms with Crippen LogP contribution in [-0.2, 0) is 9.53 Å². The van der Waals surface area contributed by atoms with Crippen LogP contribution in [0.3, 0.4) is 0 Å². The average molecular weight is 399 g/mol. The Morgan fingerprint density at radius 1 is 1.29 bits per heavy atom. The second kappa shape index (κ2) is 7.93. The first-order valence-corrected chi connectivity index (χ1v) is 9.58. The summed E-state index contributed by atoms with van der Waals surface area (Å²) in [6, 6.07) is 5.69. The van der Waals surface area contributed by atoms with Crippen LogP contribution in [0, 0.1) is 13.8 Å². The number of hydrazone groups is 1. The number of nitrogens with zero attached hydrogens (tertiary/aromatic N) is 3. The number of anilines is 1. The van der Waals surface area contributed by atoms with Gasteiger partial charge in [-0.15, -0.1) is 0 Å². The van der Waals surface area contributed by atoms with E-state index in [1.807, 2.05) is 25.1 Å². The Morgan fingerprint density at radius 3 is 2.68 bits per heavy atom. The van der Waals surface area contributed by atoms with E-state index in [2.05, 4.69) is 10.1 Å². The normalized spacial score (nSPS) is 15.2. The van der Waals surface area contributed by atoms with Crippen molar-refractivity contribution in [2.24, 2.45) is 5.10 Å². The molecule has 0 N–H and O–H groups in total. The highest BCUT2D eigenvalue weighted by atomic mass is 32.1. The Bertz CT molecular complexity index is 1010. The summed E-state index contributed by atoms with van der Waals surface area (Å²) in [5.74, 6) is 0.0624. The van der Waals surface area contributed by atoms with Gasteiger partial charge < -0.3 is 9.47 Å². The van der Waals surface area contributed by atoms with E-state index in [-0.39, 0.29) is 12.5 Å². The second-order valence-electron chi connectivity index (χ2n) is 6.22. The molecular weight excluding hydrogens is 378 g/mol. The minimum absolute atomic E-state index is 0.277. The van der Waals surface area contributed by atoms with Gasteiger partial charge in [-0.05, 0) is 57.0 Å². The van der Waals surface area contributed by atoms with Crippen LogP contribution in [0.4, 0.5) is 5.13 Å². The predicted molar refractivity (Wildman–Crippen MR) is 109 cm³/mol. The van der Waals surface area contributed by atoms with Crippen LogP contribution in [0.5, 0.6) is 5.75 Å². The van der Waals surface area contributed by atoms with Gasteiger partial charge in [-0.2, -0.15) is 10.1 Å². The third-order valence-electron chi connectivity index (χ3n) is 4.22. The lowest BCUT2D eigenvalue weighted by atomic mass is 10.1. The van der Waals surface area contributed by atoms with Crippen LogP contribution in [0.15, 0.2) is 28.9 Å². The smallest absolute Gasteiger partial charge is 0.350 e. The molecule has 2 heterocycles. The van der Waals surface area contributed by atoms with Crippen LogP contribution >= 0.6 is 11.3 Å². The maximum atomic E-state index is 12.9. The Balaban J connectivity index is 1.90. The van der Waals surface area contributed by atoms with Gasteiger partial charge in [-0.25, -0.2) is 9.78 Å². The van der Waals surface area contributed by atoms with E-state index in [0.717, 1.165) is 28.2 Å². The summed E-state index contributed by atoms with van der Waals surface area (Å²) in [7, 11) is 1.62. The quantitative estimate of drug-likeness (QED) is 0.565. The first-order chi connectivity index (χ1) is 13.3. The summed E-state index contributed by atoms with van der Waals surface area (Å²) in [6.07, 6.45) is 1.79. The Morgan fingerprint density at radius 2 is 2.04 bits per heavy atom. The van der Waals surface area contributed by atoms with Crippen molar-refractivity contribution in [3.8, 4) is 5.75 Å². The Hall–Kier alpha value is -3.00. The number of ether oxygens (including phenoxy) is 2. The number of hydrogen-bond donors (Lipinski definition) is 0. The minimum Gasteiger partial charge on any atom is -0.496 e. The topological polar surface area (TPSA) is 81.1 Å². The molecule has 0 unspecified atom stereocenters. The molecule has 0 aliphatic carbocycles.